The van der Waals surface area contributed by atoms with Crippen LogP contribution in [0.25, 0.3) is 0 Å². The Bertz CT molecular complexity index is 1150. The van der Waals surface area contributed by atoms with E-state index in [-0.39, 0.29) is 30.6 Å². The van der Waals surface area contributed by atoms with Gasteiger partial charge in [-0.1, -0.05) is 48.0 Å². The lowest BCUT2D eigenvalue weighted by Crippen LogP contribution is -2.50. The first-order valence-electron chi connectivity index (χ1n) is 13.0. The molecule has 0 aliphatic carbocycles. The molecule has 1 saturated heterocycles. The number of nitrogens with zero attached hydrogens (tertiary/aromatic N) is 4. The number of nitrogens with one attached hydrogen (secondary N) is 1. The van der Waals surface area contributed by atoms with E-state index in [9.17, 15) is 9.59 Å². The van der Waals surface area contributed by atoms with Gasteiger partial charge in [0.15, 0.2) is 0 Å². The Morgan fingerprint density at radius 1 is 1.16 bits per heavy atom. The fourth-order valence-electron chi connectivity index (χ4n) is 4.70. The minimum atomic E-state index is -0.390. The highest BCUT2D eigenvalue weighted by Gasteiger charge is 2.36. The molecule has 0 saturated carbocycles. The molecule has 0 aromatic heterocycles. The van der Waals surface area contributed by atoms with Gasteiger partial charge in [0.25, 0.3) is 5.91 Å². The fourth-order valence-corrected chi connectivity index (χ4v) is 4.94. The Labute approximate surface area is 229 Å². The van der Waals surface area contributed by atoms with Crippen LogP contribution in [0.1, 0.15) is 37.4 Å². The Hall–Kier alpha value is -3.14. The summed E-state index contributed by atoms with van der Waals surface area (Å²) in [6.07, 6.45) is 0.474. The lowest BCUT2D eigenvalue weighted by atomic mass is 9.97. The molecule has 2 aliphatic rings. The predicted octanol–water partition coefficient (Wildman–Crippen LogP) is 3.78. The van der Waals surface area contributed by atoms with E-state index in [0.29, 0.717) is 49.2 Å². The standard InChI is InChI=1S/C28H36ClN5O4/c1-20(2)30-28(36)33(13-12-32-14-16-38-17-15-32)19-27(35)34-25(22-9-5-7-11-26(22)37-3)18-24(31-34)21-8-4-6-10-23(21)29/h4-11,20,25H,12-19H2,1-3H3,(H,30,36)/t25-/m1/s1. The third-order valence-electron chi connectivity index (χ3n) is 6.66. The molecular formula is C28H36ClN5O4. The number of urea groups is 1. The van der Waals surface area contributed by atoms with Crippen LogP contribution in [0.15, 0.2) is 53.6 Å². The number of amides is 3. The van der Waals surface area contributed by atoms with Gasteiger partial charge < -0.3 is 19.7 Å². The van der Waals surface area contributed by atoms with Crippen molar-refractivity contribution in [2.24, 2.45) is 5.10 Å². The smallest absolute Gasteiger partial charge is 0.318 e. The number of carbonyl (C=O) groups is 2. The quantitative estimate of drug-likeness (QED) is 0.522. The maximum absolute atomic E-state index is 13.8. The fraction of sp³-hybridized carbons (Fsp3) is 0.464. The molecule has 0 bridgehead atoms. The number of hydrazone groups is 1. The number of methoxy groups -OCH3 is 1. The van der Waals surface area contributed by atoms with E-state index >= 15 is 0 Å². The predicted molar refractivity (Wildman–Crippen MR) is 148 cm³/mol. The molecule has 0 spiro atoms. The summed E-state index contributed by atoms with van der Waals surface area (Å²) in [6, 6.07) is 14.4. The molecule has 9 nitrogen and oxygen atoms in total. The number of carbonyl (C=O) groups excluding carboxylic acids is 2. The zero-order valence-corrected chi connectivity index (χ0v) is 23.0. The van der Waals surface area contributed by atoms with Crippen LogP contribution in [0.5, 0.6) is 5.75 Å². The van der Waals surface area contributed by atoms with Gasteiger partial charge in [-0.05, 0) is 26.0 Å². The molecule has 0 radical (unpaired) electrons. The molecular weight excluding hydrogens is 506 g/mol. The number of morpholine rings is 1. The maximum Gasteiger partial charge on any atom is 0.318 e. The Kier molecular flexibility index (Phi) is 9.60. The van der Waals surface area contributed by atoms with E-state index in [2.05, 4.69) is 10.2 Å². The van der Waals surface area contributed by atoms with Crippen LogP contribution in [0, 0.1) is 0 Å². The molecule has 0 unspecified atom stereocenters. The van der Waals surface area contributed by atoms with Gasteiger partial charge in [-0.15, -0.1) is 0 Å². The van der Waals surface area contributed by atoms with Gasteiger partial charge in [-0.3, -0.25) is 9.69 Å². The van der Waals surface area contributed by atoms with Crippen molar-refractivity contribution in [3.05, 3.63) is 64.7 Å². The van der Waals surface area contributed by atoms with Gasteiger partial charge in [0.1, 0.15) is 12.3 Å². The van der Waals surface area contributed by atoms with Crippen molar-refractivity contribution in [2.45, 2.75) is 32.4 Å². The van der Waals surface area contributed by atoms with Gasteiger partial charge in [0.2, 0.25) is 0 Å². The second kappa shape index (κ2) is 13.1. The molecule has 2 heterocycles. The van der Waals surface area contributed by atoms with Crippen LogP contribution in [0.2, 0.25) is 5.02 Å². The number of ether oxygens (including phenoxy) is 2. The van der Waals surface area contributed by atoms with E-state index in [4.69, 9.17) is 26.2 Å². The summed E-state index contributed by atoms with van der Waals surface area (Å²) in [5.41, 5.74) is 2.35. The summed E-state index contributed by atoms with van der Waals surface area (Å²) in [7, 11) is 1.61. The van der Waals surface area contributed by atoms with Crippen molar-refractivity contribution < 1.29 is 19.1 Å². The number of benzene rings is 2. The van der Waals surface area contributed by atoms with Crippen molar-refractivity contribution in [1.29, 1.82) is 0 Å². The monoisotopic (exact) mass is 541 g/mol. The summed E-state index contributed by atoms with van der Waals surface area (Å²) < 4.78 is 11.1. The number of hydrogen-bond donors (Lipinski definition) is 1. The third kappa shape index (κ3) is 6.83. The van der Waals surface area contributed by atoms with Crippen LogP contribution in [-0.4, -0.2) is 91.5 Å². The molecule has 1 N–H and O–H groups in total. The number of rotatable bonds is 9. The lowest BCUT2D eigenvalue weighted by molar-refractivity contribution is -0.133. The van der Waals surface area contributed by atoms with Gasteiger partial charge in [-0.2, -0.15) is 5.10 Å². The molecule has 204 valence electrons. The maximum atomic E-state index is 13.8. The minimum absolute atomic E-state index is 0.0542. The van der Waals surface area contributed by atoms with E-state index in [1.54, 1.807) is 12.0 Å². The Morgan fingerprint density at radius 3 is 2.58 bits per heavy atom. The van der Waals surface area contributed by atoms with Crippen LogP contribution in [0.3, 0.4) is 0 Å². The number of para-hydroxylation sites is 1. The average molecular weight is 542 g/mol. The summed E-state index contributed by atoms with van der Waals surface area (Å²) in [4.78, 5) is 30.7. The zero-order valence-electron chi connectivity index (χ0n) is 22.2. The third-order valence-corrected chi connectivity index (χ3v) is 6.99. The van der Waals surface area contributed by atoms with E-state index in [0.717, 1.165) is 24.2 Å². The van der Waals surface area contributed by atoms with Gasteiger partial charge in [-0.25, -0.2) is 9.80 Å². The summed E-state index contributed by atoms with van der Waals surface area (Å²) in [6.45, 7) is 7.73. The molecule has 38 heavy (non-hydrogen) atoms. The van der Waals surface area contributed by atoms with E-state index in [1.165, 1.54) is 5.01 Å². The van der Waals surface area contributed by atoms with E-state index in [1.807, 2.05) is 62.4 Å². The number of halogens is 1. The van der Waals surface area contributed by atoms with Crippen molar-refractivity contribution >= 4 is 29.3 Å². The highest BCUT2D eigenvalue weighted by atomic mass is 35.5. The second-order valence-corrected chi connectivity index (χ2v) is 10.1. The van der Waals surface area contributed by atoms with Gasteiger partial charge in [0, 0.05) is 54.8 Å². The normalized spacial score (nSPS) is 17.9. The Morgan fingerprint density at radius 2 is 1.87 bits per heavy atom. The van der Waals surface area contributed by atoms with Crippen molar-refractivity contribution in [3.8, 4) is 5.75 Å². The molecule has 2 aliphatic heterocycles. The van der Waals surface area contributed by atoms with Gasteiger partial charge >= 0.3 is 6.03 Å². The summed E-state index contributed by atoms with van der Waals surface area (Å²) >= 11 is 6.49. The molecule has 3 amide bonds. The first kappa shape index (κ1) is 27.9. The topological polar surface area (TPSA) is 86.7 Å². The van der Waals surface area contributed by atoms with Crippen molar-refractivity contribution in [3.63, 3.8) is 0 Å². The largest absolute Gasteiger partial charge is 0.496 e. The van der Waals surface area contributed by atoms with Crippen molar-refractivity contribution in [2.75, 3.05) is 53.0 Å². The second-order valence-electron chi connectivity index (χ2n) is 9.71. The molecule has 10 heteroatoms. The summed E-state index contributed by atoms with van der Waals surface area (Å²) in [5.74, 6) is 0.400. The van der Waals surface area contributed by atoms with Crippen molar-refractivity contribution in [1.82, 2.24) is 20.1 Å². The summed E-state index contributed by atoms with van der Waals surface area (Å²) in [5, 5.41) is 9.74. The highest BCUT2D eigenvalue weighted by Crippen LogP contribution is 2.38. The first-order chi connectivity index (χ1) is 18.4. The lowest BCUT2D eigenvalue weighted by Gasteiger charge is -2.31. The highest BCUT2D eigenvalue weighted by molar-refractivity contribution is 6.34. The van der Waals surface area contributed by atoms with Crippen LogP contribution in [-0.2, 0) is 9.53 Å². The molecule has 2 aromatic carbocycles. The molecule has 1 fully saturated rings. The average Bonchev–Trinajstić information content (AvgIpc) is 3.36. The Balaban J connectivity index is 1.60. The molecule has 2 aromatic rings. The molecule has 1 atom stereocenters. The van der Waals surface area contributed by atoms with Crippen LogP contribution >= 0.6 is 11.6 Å². The van der Waals surface area contributed by atoms with E-state index < -0.39 is 0 Å². The number of hydrogen-bond acceptors (Lipinski definition) is 6. The SMILES string of the molecule is COc1ccccc1[C@H]1CC(c2ccccc2Cl)=NN1C(=O)CN(CCN1CCOCC1)C(=O)NC(C)C. The first-order valence-corrected chi connectivity index (χ1v) is 13.4. The zero-order chi connectivity index (χ0) is 27.1. The van der Waals surface area contributed by atoms with Crippen LogP contribution < -0.4 is 10.1 Å². The van der Waals surface area contributed by atoms with Gasteiger partial charge in [0.05, 0.1) is 32.1 Å². The van der Waals surface area contributed by atoms with Crippen LogP contribution in [0.4, 0.5) is 4.79 Å². The minimum Gasteiger partial charge on any atom is -0.496 e. The molecule has 4 rings (SSSR count).